The third-order valence-corrected chi connectivity index (χ3v) is 6.26. The van der Waals surface area contributed by atoms with E-state index in [1.54, 1.807) is 59.5 Å². The maximum absolute atomic E-state index is 12.8. The van der Waals surface area contributed by atoms with E-state index in [-0.39, 0.29) is 23.9 Å². The molecule has 1 aliphatic heterocycles. The molecule has 1 aliphatic rings. The second-order valence-corrected chi connectivity index (χ2v) is 8.36. The Balaban J connectivity index is 1.60. The van der Waals surface area contributed by atoms with E-state index in [4.69, 9.17) is 11.6 Å². The second-order valence-electron chi connectivity index (χ2n) is 6.82. The van der Waals surface area contributed by atoms with Crippen LogP contribution in [0.2, 0.25) is 5.02 Å². The smallest absolute Gasteiger partial charge is 0.339 e. The molecule has 0 fully saturated rings. The van der Waals surface area contributed by atoms with Crippen LogP contribution in [0.5, 0.6) is 0 Å². The standard InChI is InChI=1S/C22H17ClN2O4S/c23-15-8-4-7-14(11-15)21(27)25-10-9-16-17(12-25)30-20(18(16)22(28)29)24-19(26)13-5-2-1-3-6-13/h1-8,11H,9-10,12H2,(H,24,26)(H,28,29). The predicted molar refractivity (Wildman–Crippen MR) is 116 cm³/mol. The highest BCUT2D eigenvalue weighted by Gasteiger charge is 2.30. The number of thiophene rings is 1. The molecule has 0 unspecified atom stereocenters. The molecule has 152 valence electrons. The number of rotatable bonds is 4. The summed E-state index contributed by atoms with van der Waals surface area (Å²) in [6.45, 7) is 0.675. The summed E-state index contributed by atoms with van der Waals surface area (Å²) in [6.07, 6.45) is 0.404. The summed E-state index contributed by atoms with van der Waals surface area (Å²) in [5.74, 6) is -1.63. The minimum atomic E-state index is -1.09. The minimum Gasteiger partial charge on any atom is -0.478 e. The van der Waals surface area contributed by atoms with E-state index in [0.29, 0.717) is 39.7 Å². The first-order chi connectivity index (χ1) is 14.4. The molecular formula is C22H17ClN2O4S. The Morgan fingerprint density at radius 2 is 1.77 bits per heavy atom. The lowest BCUT2D eigenvalue weighted by atomic mass is 10.0. The third-order valence-electron chi connectivity index (χ3n) is 4.89. The van der Waals surface area contributed by atoms with Crippen LogP contribution >= 0.6 is 22.9 Å². The van der Waals surface area contributed by atoms with Crippen LogP contribution in [0.4, 0.5) is 5.00 Å². The molecule has 2 aromatic carbocycles. The first kappa shape index (κ1) is 20.1. The van der Waals surface area contributed by atoms with E-state index in [9.17, 15) is 19.5 Å². The fourth-order valence-corrected chi connectivity index (χ4v) is 4.90. The van der Waals surface area contributed by atoms with E-state index in [1.807, 2.05) is 0 Å². The van der Waals surface area contributed by atoms with Gasteiger partial charge in [0, 0.05) is 27.6 Å². The van der Waals surface area contributed by atoms with Gasteiger partial charge in [0.1, 0.15) is 5.00 Å². The average molecular weight is 441 g/mol. The molecule has 2 N–H and O–H groups in total. The van der Waals surface area contributed by atoms with Crippen molar-refractivity contribution in [1.29, 1.82) is 0 Å². The average Bonchev–Trinajstić information content (AvgIpc) is 3.11. The maximum Gasteiger partial charge on any atom is 0.339 e. The molecular weight excluding hydrogens is 424 g/mol. The Labute approximate surface area is 181 Å². The number of amides is 2. The number of aromatic carboxylic acids is 1. The van der Waals surface area contributed by atoms with Gasteiger partial charge in [0.15, 0.2) is 0 Å². The van der Waals surface area contributed by atoms with Crippen LogP contribution in [0.15, 0.2) is 54.6 Å². The van der Waals surface area contributed by atoms with Gasteiger partial charge >= 0.3 is 5.97 Å². The lowest BCUT2D eigenvalue weighted by Crippen LogP contribution is -2.35. The lowest BCUT2D eigenvalue weighted by Gasteiger charge is -2.27. The van der Waals surface area contributed by atoms with Crippen LogP contribution in [0.1, 0.15) is 41.5 Å². The van der Waals surface area contributed by atoms with Crippen LogP contribution in [0.25, 0.3) is 0 Å². The molecule has 3 aromatic rings. The molecule has 4 rings (SSSR count). The van der Waals surface area contributed by atoms with Crippen molar-refractivity contribution in [3.8, 4) is 0 Å². The highest BCUT2D eigenvalue weighted by molar-refractivity contribution is 7.17. The Hall–Kier alpha value is -3.16. The molecule has 30 heavy (non-hydrogen) atoms. The predicted octanol–water partition coefficient (Wildman–Crippen LogP) is 4.55. The number of nitrogens with one attached hydrogen (secondary N) is 1. The number of hydrogen-bond acceptors (Lipinski definition) is 4. The van der Waals surface area contributed by atoms with E-state index in [1.165, 1.54) is 11.3 Å². The van der Waals surface area contributed by atoms with Gasteiger partial charge in [-0.25, -0.2) is 4.79 Å². The van der Waals surface area contributed by atoms with Gasteiger partial charge in [-0.1, -0.05) is 35.9 Å². The van der Waals surface area contributed by atoms with Crippen molar-refractivity contribution in [2.75, 3.05) is 11.9 Å². The van der Waals surface area contributed by atoms with Crippen molar-refractivity contribution in [3.05, 3.63) is 86.8 Å². The summed E-state index contributed by atoms with van der Waals surface area (Å²) >= 11 is 7.19. The van der Waals surface area contributed by atoms with E-state index in [0.717, 1.165) is 4.88 Å². The zero-order chi connectivity index (χ0) is 21.3. The van der Waals surface area contributed by atoms with E-state index in [2.05, 4.69) is 5.32 Å². The van der Waals surface area contributed by atoms with Gasteiger partial charge in [-0.05, 0) is 42.3 Å². The number of fused-ring (bicyclic) bond motifs is 1. The number of benzene rings is 2. The third kappa shape index (κ3) is 3.94. The molecule has 0 saturated carbocycles. The Bertz CT molecular complexity index is 1140. The minimum absolute atomic E-state index is 0.106. The Kier molecular flexibility index (Phi) is 5.57. The zero-order valence-corrected chi connectivity index (χ0v) is 17.3. The fraction of sp³-hybridized carbons (Fsp3) is 0.136. The van der Waals surface area contributed by atoms with E-state index < -0.39 is 5.97 Å². The van der Waals surface area contributed by atoms with Gasteiger partial charge in [0.05, 0.1) is 12.1 Å². The summed E-state index contributed by atoms with van der Waals surface area (Å²) in [4.78, 5) is 39.7. The summed E-state index contributed by atoms with van der Waals surface area (Å²) < 4.78 is 0. The SMILES string of the molecule is O=C(Nc1sc2c(c1C(=O)O)CCN(C(=O)c1cccc(Cl)c1)C2)c1ccccc1. The normalized spacial score (nSPS) is 12.9. The van der Waals surface area contributed by atoms with Gasteiger partial charge in [0.2, 0.25) is 0 Å². The van der Waals surface area contributed by atoms with Gasteiger partial charge in [-0.3, -0.25) is 9.59 Å². The molecule has 2 heterocycles. The highest BCUT2D eigenvalue weighted by atomic mass is 35.5. The van der Waals surface area contributed by atoms with Gasteiger partial charge < -0.3 is 15.3 Å². The molecule has 0 aliphatic carbocycles. The van der Waals surface area contributed by atoms with Crippen molar-refractivity contribution in [3.63, 3.8) is 0 Å². The maximum atomic E-state index is 12.8. The number of halogens is 1. The van der Waals surface area contributed by atoms with Gasteiger partial charge in [-0.15, -0.1) is 11.3 Å². The Morgan fingerprint density at radius 3 is 2.47 bits per heavy atom. The van der Waals surface area contributed by atoms with E-state index >= 15 is 0 Å². The molecule has 1 aromatic heterocycles. The number of anilines is 1. The summed E-state index contributed by atoms with van der Waals surface area (Å²) in [7, 11) is 0. The topological polar surface area (TPSA) is 86.7 Å². The molecule has 0 saturated heterocycles. The monoisotopic (exact) mass is 440 g/mol. The fourth-order valence-electron chi connectivity index (χ4n) is 3.46. The molecule has 2 amide bonds. The molecule has 0 bridgehead atoms. The van der Waals surface area contributed by atoms with Gasteiger partial charge in [0.25, 0.3) is 11.8 Å². The van der Waals surface area contributed by atoms with Crippen LogP contribution in [-0.2, 0) is 13.0 Å². The van der Waals surface area contributed by atoms with Crippen LogP contribution in [-0.4, -0.2) is 34.3 Å². The first-order valence-corrected chi connectivity index (χ1v) is 10.4. The van der Waals surface area contributed by atoms with Crippen molar-refractivity contribution >= 4 is 45.7 Å². The van der Waals surface area contributed by atoms with Crippen LogP contribution in [0, 0.1) is 0 Å². The van der Waals surface area contributed by atoms with Gasteiger partial charge in [-0.2, -0.15) is 0 Å². The molecule has 0 spiro atoms. The Morgan fingerprint density at radius 1 is 1.03 bits per heavy atom. The molecule has 0 atom stereocenters. The highest BCUT2D eigenvalue weighted by Crippen LogP contribution is 2.37. The summed E-state index contributed by atoms with van der Waals surface area (Å²) in [5, 5.41) is 13.2. The quantitative estimate of drug-likeness (QED) is 0.623. The number of carbonyl (C=O) groups is 3. The number of carboxylic acids is 1. The molecule has 6 nitrogen and oxygen atoms in total. The van der Waals surface area contributed by atoms with Crippen molar-refractivity contribution < 1.29 is 19.5 Å². The first-order valence-electron chi connectivity index (χ1n) is 9.23. The van der Waals surface area contributed by atoms with Crippen molar-refractivity contribution in [2.24, 2.45) is 0 Å². The zero-order valence-electron chi connectivity index (χ0n) is 15.7. The number of carboxylic acid groups (broad SMARTS) is 1. The molecule has 8 heteroatoms. The number of carbonyl (C=O) groups excluding carboxylic acids is 2. The molecule has 0 radical (unpaired) electrons. The van der Waals surface area contributed by atoms with Crippen LogP contribution < -0.4 is 5.32 Å². The summed E-state index contributed by atoms with van der Waals surface area (Å²) in [5.41, 5.74) is 1.71. The number of hydrogen-bond donors (Lipinski definition) is 2. The van der Waals surface area contributed by atoms with Crippen molar-refractivity contribution in [2.45, 2.75) is 13.0 Å². The lowest BCUT2D eigenvalue weighted by molar-refractivity contribution is 0.0696. The summed E-state index contributed by atoms with van der Waals surface area (Å²) in [6, 6.07) is 15.3. The largest absolute Gasteiger partial charge is 0.478 e. The van der Waals surface area contributed by atoms with Crippen molar-refractivity contribution in [1.82, 2.24) is 4.90 Å². The van der Waals surface area contributed by atoms with Crippen LogP contribution in [0.3, 0.4) is 0 Å². The number of nitrogens with zero attached hydrogens (tertiary/aromatic N) is 1. The second kappa shape index (κ2) is 8.30.